The Balaban J connectivity index is 2.99. The average molecular weight is 282 g/mol. The lowest BCUT2D eigenvalue weighted by Gasteiger charge is -2.15. The van der Waals surface area contributed by atoms with Gasteiger partial charge >= 0.3 is 0 Å². The summed E-state index contributed by atoms with van der Waals surface area (Å²) in [6.45, 7) is 3.64. The summed E-state index contributed by atoms with van der Waals surface area (Å²) in [5.74, 6) is -0.549. The Morgan fingerprint density at radius 2 is 2.15 bits per heavy atom. The Kier molecular flexibility index (Phi) is 5.45. The summed E-state index contributed by atoms with van der Waals surface area (Å²) in [7, 11) is 1.33. The lowest BCUT2D eigenvalue weighted by molar-refractivity contribution is -0.385. The lowest BCUT2D eigenvalue weighted by Crippen LogP contribution is -2.35. The Morgan fingerprint density at radius 1 is 1.50 bits per heavy atom. The maximum atomic E-state index is 12.1. The average Bonchev–Trinajstić information content (AvgIpc) is 2.42. The maximum Gasteiger partial charge on any atom is 0.285 e. The third-order valence-electron chi connectivity index (χ3n) is 2.89. The summed E-state index contributed by atoms with van der Waals surface area (Å²) in [6, 6.07) is 4.15. The number of amides is 1. The molecule has 0 aliphatic carbocycles. The van der Waals surface area contributed by atoms with Gasteiger partial charge in [-0.1, -0.05) is 19.9 Å². The minimum absolute atomic E-state index is 0.0195. The van der Waals surface area contributed by atoms with Gasteiger partial charge in [-0.15, -0.1) is 0 Å². The Morgan fingerprint density at radius 3 is 2.65 bits per heavy atom. The zero-order valence-electron chi connectivity index (χ0n) is 11.6. The van der Waals surface area contributed by atoms with Gasteiger partial charge in [0, 0.05) is 12.6 Å². The van der Waals surface area contributed by atoms with Crippen molar-refractivity contribution in [3.8, 4) is 5.75 Å². The highest BCUT2D eigenvalue weighted by Gasteiger charge is 2.25. The molecule has 1 atom stereocenters. The van der Waals surface area contributed by atoms with Crippen LogP contribution in [0.5, 0.6) is 5.75 Å². The van der Waals surface area contributed by atoms with Crippen LogP contribution in [-0.4, -0.2) is 35.7 Å². The fraction of sp³-hybridized carbons (Fsp3) is 0.462. The number of nitro groups is 1. The number of carbonyl (C=O) groups is 1. The van der Waals surface area contributed by atoms with Crippen molar-refractivity contribution in [2.24, 2.45) is 5.92 Å². The number of ether oxygens (including phenoxy) is 1. The van der Waals surface area contributed by atoms with Crippen LogP contribution in [-0.2, 0) is 0 Å². The first kappa shape index (κ1) is 15.9. The first-order valence-electron chi connectivity index (χ1n) is 6.16. The van der Waals surface area contributed by atoms with E-state index in [-0.39, 0.29) is 29.5 Å². The molecule has 0 heterocycles. The predicted molar refractivity (Wildman–Crippen MR) is 72.8 cm³/mol. The van der Waals surface area contributed by atoms with Gasteiger partial charge in [-0.2, -0.15) is 0 Å². The summed E-state index contributed by atoms with van der Waals surface area (Å²) >= 11 is 0. The third-order valence-corrected chi connectivity index (χ3v) is 2.89. The Hall–Kier alpha value is -2.15. The molecule has 1 aromatic rings. The van der Waals surface area contributed by atoms with E-state index in [1.807, 2.05) is 13.8 Å². The molecule has 7 heteroatoms. The van der Waals surface area contributed by atoms with E-state index in [2.05, 4.69) is 5.32 Å². The highest BCUT2D eigenvalue weighted by molar-refractivity contribution is 6.00. The van der Waals surface area contributed by atoms with Crippen LogP contribution in [0.2, 0.25) is 0 Å². The van der Waals surface area contributed by atoms with Gasteiger partial charge in [-0.25, -0.2) is 0 Å². The molecule has 0 spiro atoms. The SMILES string of the molecule is COc1cccc([N+](=O)[O-])c1C(=O)NCC(O)C(C)C. The number of aliphatic hydroxyl groups is 1. The minimum atomic E-state index is -0.715. The molecule has 1 unspecified atom stereocenters. The molecular weight excluding hydrogens is 264 g/mol. The van der Waals surface area contributed by atoms with Crippen molar-refractivity contribution < 1.29 is 19.6 Å². The topological polar surface area (TPSA) is 102 Å². The number of aliphatic hydroxyl groups excluding tert-OH is 1. The normalized spacial score (nSPS) is 12.1. The van der Waals surface area contributed by atoms with Gasteiger partial charge in [0.05, 0.1) is 18.1 Å². The smallest absolute Gasteiger partial charge is 0.285 e. The van der Waals surface area contributed by atoms with E-state index in [4.69, 9.17) is 4.74 Å². The van der Waals surface area contributed by atoms with Crippen LogP contribution in [0.1, 0.15) is 24.2 Å². The molecule has 20 heavy (non-hydrogen) atoms. The molecule has 0 aliphatic heterocycles. The molecule has 1 aromatic carbocycles. The van der Waals surface area contributed by atoms with Gasteiger partial charge in [-0.3, -0.25) is 14.9 Å². The van der Waals surface area contributed by atoms with Crippen molar-refractivity contribution in [2.45, 2.75) is 20.0 Å². The summed E-state index contributed by atoms with van der Waals surface area (Å²) < 4.78 is 4.98. The molecule has 1 amide bonds. The number of hydrogen-bond acceptors (Lipinski definition) is 5. The van der Waals surface area contributed by atoms with Gasteiger partial charge in [0.1, 0.15) is 5.75 Å². The Bertz CT molecular complexity index is 502. The van der Waals surface area contributed by atoms with E-state index < -0.39 is 16.9 Å². The van der Waals surface area contributed by atoms with Crippen molar-refractivity contribution in [1.82, 2.24) is 5.32 Å². The van der Waals surface area contributed by atoms with Gasteiger partial charge in [0.2, 0.25) is 0 Å². The quantitative estimate of drug-likeness (QED) is 0.605. The molecular formula is C13H18N2O5. The van der Waals surface area contributed by atoms with Crippen molar-refractivity contribution in [3.05, 3.63) is 33.9 Å². The molecule has 0 aromatic heterocycles. The summed E-state index contributed by atoms with van der Waals surface area (Å²) in [5.41, 5.74) is -0.475. The van der Waals surface area contributed by atoms with E-state index >= 15 is 0 Å². The summed E-state index contributed by atoms with van der Waals surface area (Å²) in [6.07, 6.45) is -0.715. The molecule has 7 nitrogen and oxygen atoms in total. The zero-order chi connectivity index (χ0) is 15.3. The van der Waals surface area contributed by atoms with Crippen molar-refractivity contribution in [1.29, 1.82) is 0 Å². The minimum Gasteiger partial charge on any atom is -0.496 e. The largest absolute Gasteiger partial charge is 0.496 e. The van der Waals surface area contributed by atoms with Gasteiger partial charge in [-0.05, 0) is 12.0 Å². The number of rotatable bonds is 6. The second kappa shape index (κ2) is 6.85. The number of nitro benzene ring substituents is 1. The predicted octanol–water partition coefficient (Wildman–Crippen LogP) is 1.35. The second-order valence-corrected chi connectivity index (χ2v) is 4.63. The molecule has 0 bridgehead atoms. The second-order valence-electron chi connectivity index (χ2n) is 4.63. The summed E-state index contributed by atoms with van der Waals surface area (Å²) in [5, 5.41) is 23.1. The van der Waals surface area contributed by atoms with E-state index in [9.17, 15) is 20.0 Å². The molecule has 0 saturated heterocycles. The van der Waals surface area contributed by atoms with E-state index in [0.29, 0.717) is 0 Å². The fourth-order valence-electron chi connectivity index (χ4n) is 1.59. The van der Waals surface area contributed by atoms with Gasteiger partial charge in [0.25, 0.3) is 11.6 Å². The third kappa shape index (κ3) is 3.67. The number of hydrogen-bond donors (Lipinski definition) is 2. The first-order chi connectivity index (χ1) is 9.38. The molecule has 2 N–H and O–H groups in total. The van der Waals surface area contributed by atoms with Crippen LogP contribution in [0, 0.1) is 16.0 Å². The molecule has 1 rings (SSSR count). The van der Waals surface area contributed by atoms with Crippen LogP contribution in [0.4, 0.5) is 5.69 Å². The number of benzene rings is 1. The highest BCUT2D eigenvalue weighted by Crippen LogP contribution is 2.27. The van der Waals surface area contributed by atoms with E-state index in [1.54, 1.807) is 0 Å². The van der Waals surface area contributed by atoms with Crippen molar-refractivity contribution in [3.63, 3.8) is 0 Å². The van der Waals surface area contributed by atoms with Gasteiger partial charge < -0.3 is 15.2 Å². The standard InChI is InChI=1S/C13H18N2O5/c1-8(2)10(16)7-14-13(17)12-9(15(18)19)5-4-6-11(12)20-3/h4-6,8,10,16H,7H2,1-3H3,(H,14,17). The summed E-state index contributed by atoms with van der Waals surface area (Å²) in [4.78, 5) is 22.4. The van der Waals surface area contributed by atoms with Gasteiger partial charge in [0.15, 0.2) is 5.56 Å². The zero-order valence-corrected chi connectivity index (χ0v) is 11.6. The lowest BCUT2D eigenvalue weighted by atomic mass is 10.1. The first-order valence-corrected chi connectivity index (χ1v) is 6.16. The van der Waals surface area contributed by atoms with Crippen LogP contribution in [0.3, 0.4) is 0 Å². The number of methoxy groups -OCH3 is 1. The monoisotopic (exact) mass is 282 g/mol. The maximum absolute atomic E-state index is 12.1. The molecule has 0 fully saturated rings. The molecule has 110 valence electrons. The van der Waals surface area contributed by atoms with Crippen molar-refractivity contribution in [2.75, 3.05) is 13.7 Å². The fourth-order valence-corrected chi connectivity index (χ4v) is 1.59. The van der Waals surface area contributed by atoms with Crippen LogP contribution < -0.4 is 10.1 Å². The van der Waals surface area contributed by atoms with Crippen LogP contribution in [0.25, 0.3) is 0 Å². The molecule has 0 aliphatic rings. The van der Waals surface area contributed by atoms with E-state index in [0.717, 1.165) is 0 Å². The Labute approximate surface area is 116 Å². The highest BCUT2D eigenvalue weighted by atomic mass is 16.6. The number of nitrogens with zero attached hydrogens (tertiary/aromatic N) is 1. The molecule has 0 saturated carbocycles. The van der Waals surface area contributed by atoms with Crippen LogP contribution in [0.15, 0.2) is 18.2 Å². The number of nitrogens with one attached hydrogen (secondary N) is 1. The molecule has 0 radical (unpaired) electrons. The van der Waals surface area contributed by atoms with E-state index in [1.165, 1.54) is 25.3 Å². The van der Waals surface area contributed by atoms with Crippen molar-refractivity contribution >= 4 is 11.6 Å². The van der Waals surface area contributed by atoms with Crippen LogP contribution >= 0.6 is 0 Å². The number of carbonyl (C=O) groups excluding carboxylic acids is 1.